The molecule has 82 valence electrons. The largest absolute Gasteiger partial charge is 0.468 e. The molecule has 0 aromatic carbocycles. The second-order valence-electron chi connectivity index (χ2n) is 3.65. The normalized spacial score (nSPS) is 20.9. The SMILES string of the molecule is COC(=O)C1C(=O)c2oc1c1c2CNC1=O. The quantitative estimate of drug-likeness (QED) is 0.532. The van der Waals surface area contributed by atoms with E-state index in [2.05, 4.69) is 10.1 Å². The average molecular weight is 221 g/mol. The smallest absolute Gasteiger partial charge is 0.324 e. The molecular weight excluding hydrogens is 214 g/mol. The molecular formula is C10H7NO5. The van der Waals surface area contributed by atoms with Gasteiger partial charge >= 0.3 is 5.97 Å². The molecule has 6 heteroatoms. The number of carbonyl (C=O) groups is 3. The third kappa shape index (κ3) is 0.843. The summed E-state index contributed by atoms with van der Waals surface area (Å²) in [6.45, 7) is 0.284. The number of fused-ring (bicyclic) bond motifs is 5. The fourth-order valence-electron chi connectivity index (χ4n) is 2.14. The lowest BCUT2D eigenvalue weighted by molar-refractivity contribution is -0.141. The van der Waals surface area contributed by atoms with Crippen molar-refractivity contribution in [3.63, 3.8) is 0 Å². The molecule has 16 heavy (non-hydrogen) atoms. The van der Waals surface area contributed by atoms with Crippen molar-refractivity contribution in [1.29, 1.82) is 0 Å². The van der Waals surface area contributed by atoms with Crippen molar-refractivity contribution in [3.05, 3.63) is 22.6 Å². The summed E-state index contributed by atoms with van der Waals surface area (Å²) in [7, 11) is 1.19. The van der Waals surface area contributed by atoms with Crippen molar-refractivity contribution in [3.8, 4) is 0 Å². The minimum atomic E-state index is -1.09. The van der Waals surface area contributed by atoms with Gasteiger partial charge in [-0.05, 0) is 0 Å². The highest BCUT2D eigenvalue weighted by Gasteiger charge is 2.49. The number of carbonyl (C=O) groups excluding carboxylic acids is 3. The van der Waals surface area contributed by atoms with Crippen LogP contribution in [0.3, 0.4) is 0 Å². The van der Waals surface area contributed by atoms with E-state index in [4.69, 9.17) is 4.42 Å². The molecule has 0 aliphatic carbocycles. The monoisotopic (exact) mass is 221 g/mol. The van der Waals surface area contributed by atoms with Gasteiger partial charge in [-0.15, -0.1) is 0 Å². The lowest BCUT2D eigenvalue weighted by atomic mass is 9.90. The van der Waals surface area contributed by atoms with E-state index in [0.29, 0.717) is 11.1 Å². The van der Waals surface area contributed by atoms with E-state index in [1.807, 2.05) is 0 Å². The van der Waals surface area contributed by atoms with Crippen LogP contribution in [0.5, 0.6) is 0 Å². The molecule has 0 spiro atoms. The molecule has 2 aliphatic heterocycles. The van der Waals surface area contributed by atoms with Crippen LogP contribution >= 0.6 is 0 Å². The molecule has 3 heterocycles. The van der Waals surface area contributed by atoms with Crippen molar-refractivity contribution in [2.45, 2.75) is 12.5 Å². The molecule has 1 aromatic heterocycles. The minimum absolute atomic E-state index is 0.110. The lowest BCUT2D eigenvalue weighted by Gasteiger charge is -2.08. The summed E-state index contributed by atoms with van der Waals surface area (Å²) < 4.78 is 9.72. The lowest BCUT2D eigenvalue weighted by Crippen LogP contribution is -2.23. The van der Waals surface area contributed by atoms with Crippen LogP contribution in [0, 0.1) is 0 Å². The maximum absolute atomic E-state index is 11.8. The highest BCUT2D eigenvalue weighted by Crippen LogP contribution is 2.41. The summed E-state index contributed by atoms with van der Waals surface area (Å²) in [5.41, 5.74) is 0.884. The van der Waals surface area contributed by atoms with Crippen LogP contribution in [-0.4, -0.2) is 24.8 Å². The summed E-state index contributed by atoms with van der Waals surface area (Å²) >= 11 is 0. The van der Waals surface area contributed by atoms with Crippen molar-refractivity contribution >= 4 is 17.7 Å². The first-order chi connectivity index (χ1) is 7.65. The average Bonchev–Trinajstić information content (AvgIpc) is 2.89. The fourth-order valence-corrected chi connectivity index (χ4v) is 2.14. The number of ether oxygens (including phenoxy) is 1. The van der Waals surface area contributed by atoms with E-state index in [-0.39, 0.29) is 24.0 Å². The van der Waals surface area contributed by atoms with Gasteiger partial charge in [-0.2, -0.15) is 0 Å². The first-order valence-electron chi connectivity index (χ1n) is 4.71. The third-order valence-electron chi connectivity index (χ3n) is 2.87. The standard InChI is InChI=1S/C10H7NO5/c1-15-10(14)5-6(12)7-3-2-11-9(13)4(3)8(5)16-7/h5H,2H2,1H3,(H,11,13). The molecule has 0 saturated carbocycles. The highest BCUT2D eigenvalue weighted by molar-refractivity contribution is 6.19. The van der Waals surface area contributed by atoms with E-state index in [1.54, 1.807) is 0 Å². The van der Waals surface area contributed by atoms with Gasteiger partial charge in [0.25, 0.3) is 5.91 Å². The molecule has 3 rings (SSSR count). The van der Waals surface area contributed by atoms with Crippen molar-refractivity contribution in [1.82, 2.24) is 5.32 Å². The van der Waals surface area contributed by atoms with Crippen molar-refractivity contribution in [2.75, 3.05) is 7.11 Å². The number of ketones is 1. The number of furan rings is 1. The van der Waals surface area contributed by atoms with Crippen LogP contribution in [0.2, 0.25) is 0 Å². The van der Waals surface area contributed by atoms with Crippen molar-refractivity contribution in [2.24, 2.45) is 0 Å². The van der Waals surface area contributed by atoms with Gasteiger partial charge in [-0.1, -0.05) is 0 Å². The Morgan fingerprint density at radius 3 is 2.94 bits per heavy atom. The van der Waals surface area contributed by atoms with Gasteiger partial charge < -0.3 is 14.5 Å². The zero-order chi connectivity index (χ0) is 11.4. The van der Waals surface area contributed by atoms with Crippen LogP contribution in [0.1, 0.15) is 38.2 Å². The van der Waals surface area contributed by atoms with Gasteiger partial charge in [-0.25, -0.2) is 0 Å². The molecule has 1 unspecified atom stereocenters. The summed E-state index contributed by atoms with van der Waals surface area (Å²) in [6.07, 6.45) is 0. The van der Waals surface area contributed by atoms with Crippen LogP contribution in [0.25, 0.3) is 0 Å². The maximum atomic E-state index is 11.8. The Bertz CT molecular complexity index is 542. The van der Waals surface area contributed by atoms with Gasteiger partial charge in [0.05, 0.1) is 12.7 Å². The van der Waals surface area contributed by atoms with Crippen LogP contribution in [0.4, 0.5) is 0 Å². The summed E-state index contributed by atoms with van der Waals surface area (Å²) in [5, 5.41) is 2.58. The molecule has 0 saturated heterocycles. The van der Waals surface area contributed by atoms with E-state index in [0.717, 1.165) is 0 Å². The Morgan fingerprint density at radius 1 is 1.50 bits per heavy atom. The van der Waals surface area contributed by atoms with Gasteiger partial charge in [0.15, 0.2) is 11.7 Å². The topological polar surface area (TPSA) is 85.6 Å². The number of hydrogen-bond donors (Lipinski definition) is 1. The second-order valence-corrected chi connectivity index (χ2v) is 3.65. The third-order valence-corrected chi connectivity index (χ3v) is 2.87. The highest BCUT2D eigenvalue weighted by atomic mass is 16.5. The first-order valence-corrected chi connectivity index (χ1v) is 4.71. The van der Waals surface area contributed by atoms with Crippen LogP contribution in [0.15, 0.2) is 4.42 Å². The predicted octanol–water partition coefficient (Wildman–Crippen LogP) is -0.0241. The minimum Gasteiger partial charge on any atom is -0.468 e. The number of nitrogens with one attached hydrogen (secondary N) is 1. The Kier molecular flexibility index (Phi) is 1.55. The van der Waals surface area contributed by atoms with E-state index >= 15 is 0 Å². The van der Waals surface area contributed by atoms with Gasteiger partial charge in [0.2, 0.25) is 5.78 Å². The molecule has 1 N–H and O–H groups in total. The van der Waals surface area contributed by atoms with E-state index in [9.17, 15) is 14.4 Å². The summed E-state index contributed by atoms with van der Waals surface area (Å²) in [6, 6.07) is 0. The summed E-state index contributed by atoms with van der Waals surface area (Å²) in [5.74, 6) is -2.28. The number of rotatable bonds is 1. The Hall–Kier alpha value is -2.11. The summed E-state index contributed by atoms with van der Waals surface area (Å²) in [4.78, 5) is 34.6. The second kappa shape index (κ2) is 2.72. The molecule has 1 atom stereocenters. The molecule has 0 radical (unpaired) electrons. The molecule has 1 aromatic rings. The fraction of sp³-hybridized carbons (Fsp3) is 0.300. The van der Waals surface area contributed by atoms with Crippen molar-refractivity contribution < 1.29 is 23.5 Å². The number of esters is 1. The van der Waals surface area contributed by atoms with Crippen LogP contribution < -0.4 is 5.32 Å². The molecule has 6 nitrogen and oxygen atoms in total. The van der Waals surface area contributed by atoms with Crippen LogP contribution in [-0.2, 0) is 16.1 Å². The Morgan fingerprint density at radius 2 is 2.25 bits per heavy atom. The maximum Gasteiger partial charge on any atom is 0.324 e. The molecule has 1 amide bonds. The molecule has 0 fully saturated rings. The Balaban J connectivity index is 2.17. The molecule has 2 aliphatic rings. The van der Waals surface area contributed by atoms with E-state index < -0.39 is 17.7 Å². The number of amides is 1. The zero-order valence-corrected chi connectivity index (χ0v) is 8.33. The number of methoxy groups -OCH3 is 1. The zero-order valence-electron chi connectivity index (χ0n) is 8.33. The van der Waals surface area contributed by atoms with Gasteiger partial charge in [0, 0.05) is 12.1 Å². The first kappa shape index (κ1) is 9.14. The predicted molar refractivity (Wildman–Crippen MR) is 49.0 cm³/mol. The number of Topliss-reactive ketones (excluding diaryl/α,β-unsaturated/α-hetero) is 1. The van der Waals surface area contributed by atoms with E-state index in [1.165, 1.54) is 7.11 Å². The van der Waals surface area contributed by atoms with Gasteiger partial charge in [-0.3, -0.25) is 14.4 Å². The number of hydrogen-bond acceptors (Lipinski definition) is 5. The Labute approximate surface area is 89.6 Å². The van der Waals surface area contributed by atoms with Gasteiger partial charge in [0.1, 0.15) is 5.76 Å². The molecule has 2 bridgehead atoms.